The van der Waals surface area contributed by atoms with Crippen molar-refractivity contribution < 1.29 is 8.42 Å². The fraction of sp³-hybridized carbons (Fsp3) is 0.625. The molecule has 1 aromatic heterocycles. The maximum atomic E-state index is 11.6. The van der Waals surface area contributed by atoms with E-state index in [-0.39, 0.29) is 0 Å². The lowest BCUT2D eigenvalue weighted by atomic mass is 10.1. The Balaban J connectivity index is 1.42. The molecule has 2 saturated heterocycles. The lowest BCUT2D eigenvalue weighted by Crippen LogP contribution is -2.34. The molecule has 2 aliphatic heterocycles. The van der Waals surface area contributed by atoms with E-state index in [4.69, 9.17) is 0 Å². The molecule has 1 aromatic carbocycles. The summed E-state index contributed by atoms with van der Waals surface area (Å²) in [6.07, 6.45) is 8.81. The number of nitrogens with one attached hydrogen (secondary N) is 4. The van der Waals surface area contributed by atoms with Crippen LogP contribution in [0.5, 0.6) is 0 Å². The Morgan fingerprint density at radius 1 is 0.750 bits per heavy atom. The third-order valence-electron chi connectivity index (χ3n) is 6.38. The SMILES string of the molecule is CS(=O)(=O)Nc1cccc(Nc2nc(NCCN3CCCCC3)nc(NCCN3CCCCC3)n2)c1. The number of rotatable bonds is 12. The largest absolute Gasteiger partial charge is 0.353 e. The molecule has 0 bridgehead atoms. The molecule has 0 saturated carbocycles. The molecule has 3 heterocycles. The van der Waals surface area contributed by atoms with Crippen molar-refractivity contribution >= 4 is 39.2 Å². The molecule has 12 heteroatoms. The van der Waals surface area contributed by atoms with Gasteiger partial charge in [-0.25, -0.2) is 8.42 Å². The molecule has 0 atom stereocenters. The van der Waals surface area contributed by atoms with E-state index >= 15 is 0 Å². The van der Waals surface area contributed by atoms with Crippen molar-refractivity contribution in [1.82, 2.24) is 24.8 Å². The summed E-state index contributed by atoms with van der Waals surface area (Å²) < 4.78 is 25.7. The van der Waals surface area contributed by atoms with Gasteiger partial charge in [-0.15, -0.1) is 0 Å². The molecule has 11 nitrogen and oxygen atoms in total. The Morgan fingerprint density at radius 3 is 1.78 bits per heavy atom. The van der Waals surface area contributed by atoms with Gasteiger partial charge in [-0.05, 0) is 70.1 Å². The molecule has 0 amide bonds. The number of aromatic nitrogens is 3. The quantitative estimate of drug-likeness (QED) is 0.334. The van der Waals surface area contributed by atoms with Crippen LogP contribution < -0.4 is 20.7 Å². The van der Waals surface area contributed by atoms with Gasteiger partial charge in [0.2, 0.25) is 27.9 Å². The maximum Gasteiger partial charge on any atom is 0.233 e. The third kappa shape index (κ3) is 9.07. The van der Waals surface area contributed by atoms with E-state index in [9.17, 15) is 8.42 Å². The van der Waals surface area contributed by atoms with E-state index in [1.165, 1.54) is 38.5 Å². The van der Waals surface area contributed by atoms with Crippen molar-refractivity contribution in [2.45, 2.75) is 38.5 Å². The van der Waals surface area contributed by atoms with E-state index < -0.39 is 10.0 Å². The standard InChI is InChI=1S/C24H39N9O2S/c1-36(34,35)31-21-10-8-9-20(19-21)27-24-29-22(25-11-17-32-13-4-2-5-14-32)28-23(30-24)26-12-18-33-15-6-3-7-16-33/h8-10,19,31H,2-7,11-18H2,1H3,(H3,25,26,27,28,29,30). The highest BCUT2D eigenvalue weighted by Gasteiger charge is 2.13. The zero-order chi connectivity index (χ0) is 25.2. The second-order valence-corrected chi connectivity index (χ2v) is 11.3. The van der Waals surface area contributed by atoms with E-state index in [0.29, 0.717) is 29.2 Å². The Hall–Kier alpha value is -2.70. The normalized spacial score (nSPS) is 17.5. The van der Waals surface area contributed by atoms with Gasteiger partial charge >= 0.3 is 0 Å². The van der Waals surface area contributed by atoms with Crippen LogP contribution in [0.2, 0.25) is 0 Å². The third-order valence-corrected chi connectivity index (χ3v) is 6.98. The molecule has 0 aliphatic carbocycles. The Kier molecular flexibility index (Phi) is 9.54. The first-order valence-corrected chi connectivity index (χ1v) is 14.9. The minimum atomic E-state index is -3.37. The summed E-state index contributed by atoms with van der Waals surface area (Å²) in [5.41, 5.74) is 1.14. The number of sulfonamides is 1. The molecule has 198 valence electrons. The molecule has 0 spiro atoms. The van der Waals surface area contributed by atoms with Crippen molar-refractivity contribution in [2.75, 3.05) is 79.3 Å². The fourth-order valence-corrected chi connectivity index (χ4v) is 5.17. The van der Waals surface area contributed by atoms with Crippen LogP contribution in [0, 0.1) is 0 Å². The van der Waals surface area contributed by atoms with Crippen LogP contribution in [-0.4, -0.2) is 91.8 Å². The molecular formula is C24H39N9O2S. The first-order valence-electron chi connectivity index (χ1n) is 13.0. The Labute approximate surface area is 214 Å². The van der Waals surface area contributed by atoms with Gasteiger partial charge < -0.3 is 25.8 Å². The van der Waals surface area contributed by atoms with Gasteiger partial charge in [0.15, 0.2) is 0 Å². The van der Waals surface area contributed by atoms with E-state index in [2.05, 4.69) is 45.4 Å². The second-order valence-electron chi connectivity index (χ2n) is 9.54. The summed E-state index contributed by atoms with van der Waals surface area (Å²) in [5.74, 6) is 1.41. The van der Waals surface area contributed by atoms with Crippen molar-refractivity contribution in [2.24, 2.45) is 0 Å². The van der Waals surface area contributed by atoms with Crippen molar-refractivity contribution in [3.8, 4) is 0 Å². The molecule has 0 unspecified atom stereocenters. The van der Waals surface area contributed by atoms with Gasteiger partial charge in [-0.2, -0.15) is 15.0 Å². The minimum absolute atomic E-state index is 0.391. The minimum Gasteiger partial charge on any atom is -0.353 e. The van der Waals surface area contributed by atoms with Gasteiger partial charge in [0.1, 0.15) is 0 Å². The molecule has 0 radical (unpaired) electrons. The Bertz CT molecular complexity index is 1030. The summed E-state index contributed by atoms with van der Waals surface area (Å²) in [4.78, 5) is 18.7. The average molecular weight is 518 g/mol. The van der Waals surface area contributed by atoms with Crippen molar-refractivity contribution in [3.05, 3.63) is 24.3 Å². The monoisotopic (exact) mass is 517 g/mol. The van der Waals surface area contributed by atoms with Crippen molar-refractivity contribution in [1.29, 1.82) is 0 Å². The molecule has 4 N–H and O–H groups in total. The van der Waals surface area contributed by atoms with E-state index in [1.807, 2.05) is 6.07 Å². The van der Waals surface area contributed by atoms with Gasteiger partial charge in [0, 0.05) is 31.9 Å². The predicted molar refractivity (Wildman–Crippen MR) is 146 cm³/mol. The van der Waals surface area contributed by atoms with Crippen LogP contribution in [0.15, 0.2) is 24.3 Å². The number of hydrogen-bond acceptors (Lipinski definition) is 10. The molecule has 36 heavy (non-hydrogen) atoms. The number of piperidine rings is 2. The van der Waals surface area contributed by atoms with Gasteiger partial charge in [0.25, 0.3) is 0 Å². The second kappa shape index (κ2) is 13.0. The summed E-state index contributed by atoms with van der Waals surface area (Å²) in [7, 11) is -3.37. The van der Waals surface area contributed by atoms with Gasteiger partial charge in [0.05, 0.1) is 11.9 Å². The summed E-state index contributed by atoms with van der Waals surface area (Å²) in [5, 5.41) is 9.90. The summed E-state index contributed by atoms with van der Waals surface area (Å²) in [6, 6.07) is 7.01. The van der Waals surface area contributed by atoms with Crippen molar-refractivity contribution in [3.63, 3.8) is 0 Å². The molecule has 2 fully saturated rings. The molecular weight excluding hydrogens is 478 g/mol. The molecule has 2 aromatic rings. The predicted octanol–water partition coefficient (Wildman–Crippen LogP) is 2.78. The van der Waals surface area contributed by atoms with Crippen LogP contribution >= 0.6 is 0 Å². The molecule has 4 rings (SSSR count). The van der Waals surface area contributed by atoms with Gasteiger partial charge in [-0.3, -0.25) is 4.72 Å². The highest BCUT2D eigenvalue weighted by atomic mass is 32.2. The number of likely N-dealkylation sites (tertiary alicyclic amines) is 2. The maximum absolute atomic E-state index is 11.6. The fourth-order valence-electron chi connectivity index (χ4n) is 4.61. The Morgan fingerprint density at radius 2 is 1.25 bits per heavy atom. The smallest absolute Gasteiger partial charge is 0.233 e. The zero-order valence-electron chi connectivity index (χ0n) is 21.2. The van der Waals surface area contributed by atoms with Crippen LogP contribution in [0.4, 0.5) is 29.2 Å². The number of benzene rings is 1. The lowest BCUT2D eigenvalue weighted by Gasteiger charge is -2.26. The van der Waals surface area contributed by atoms with Crippen LogP contribution in [0.25, 0.3) is 0 Å². The number of nitrogens with zero attached hydrogens (tertiary/aromatic N) is 5. The van der Waals surface area contributed by atoms with E-state index in [1.54, 1.807) is 18.2 Å². The highest BCUT2D eigenvalue weighted by Crippen LogP contribution is 2.20. The lowest BCUT2D eigenvalue weighted by molar-refractivity contribution is 0.237. The number of anilines is 5. The molecule has 2 aliphatic rings. The van der Waals surface area contributed by atoms with Crippen LogP contribution in [-0.2, 0) is 10.0 Å². The zero-order valence-corrected chi connectivity index (χ0v) is 22.0. The highest BCUT2D eigenvalue weighted by molar-refractivity contribution is 7.92. The number of hydrogen-bond donors (Lipinski definition) is 4. The van der Waals surface area contributed by atoms with Crippen LogP contribution in [0.1, 0.15) is 38.5 Å². The first kappa shape index (κ1) is 26.4. The van der Waals surface area contributed by atoms with E-state index in [0.717, 1.165) is 58.6 Å². The first-order chi connectivity index (χ1) is 17.4. The van der Waals surface area contributed by atoms with Gasteiger partial charge in [-0.1, -0.05) is 18.9 Å². The average Bonchev–Trinajstić information content (AvgIpc) is 2.84. The van der Waals surface area contributed by atoms with Crippen LogP contribution in [0.3, 0.4) is 0 Å². The summed E-state index contributed by atoms with van der Waals surface area (Å²) in [6.45, 7) is 7.99. The summed E-state index contributed by atoms with van der Waals surface area (Å²) >= 11 is 0. The topological polar surface area (TPSA) is 127 Å².